The Morgan fingerprint density at radius 3 is 2.69 bits per heavy atom. The van der Waals surface area contributed by atoms with Crippen molar-refractivity contribution in [2.24, 2.45) is 7.05 Å². The second kappa shape index (κ2) is 6.53. The van der Waals surface area contributed by atoms with Crippen LogP contribution in [-0.4, -0.2) is 30.2 Å². The Bertz CT molecular complexity index is 304. The molecule has 0 saturated carbocycles. The summed E-state index contributed by atoms with van der Waals surface area (Å²) >= 11 is 0. The number of anilines is 1. The first-order chi connectivity index (χ1) is 7.66. The molecular formula is C12H24N4. The molecule has 0 unspecified atom stereocenters. The van der Waals surface area contributed by atoms with Gasteiger partial charge >= 0.3 is 0 Å². The van der Waals surface area contributed by atoms with Gasteiger partial charge in [-0.1, -0.05) is 19.8 Å². The van der Waals surface area contributed by atoms with Gasteiger partial charge in [-0.3, -0.25) is 0 Å². The molecule has 1 heterocycles. The summed E-state index contributed by atoms with van der Waals surface area (Å²) in [6, 6.07) is 0. The van der Waals surface area contributed by atoms with E-state index in [4.69, 9.17) is 0 Å². The lowest BCUT2D eigenvalue weighted by Crippen LogP contribution is -2.18. The molecule has 0 amide bonds. The molecule has 16 heavy (non-hydrogen) atoms. The van der Waals surface area contributed by atoms with Crippen LogP contribution < -0.4 is 10.2 Å². The highest BCUT2D eigenvalue weighted by atomic mass is 15.3. The molecule has 0 atom stereocenters. The van der Waals surface area contributed by atoms with Crippen molar-refractivity contribution in [2.45, 2.75) is 32.7 Å². The summed E-state index contributed by atoms with van der Waals surface area (Å²) in [5.74, 6) is 1.00. The van der Waals surface area contributed by atoms with E-state index in [2.05, 4.69) is 28.8 Å². The van der Waals surface area contributed by atoms with Crippen LogP contribution in [0.15, 0.2) is 6.20 Å². The lowest BCUT2D eigenvalue weighted by molar-refractivity contribution is 0.600. The van der Waals surface area contributed by atoms with E-state index in [1.54, 1.807) is 0 Å². The molecule has 4 heteroatoms. The monoisotopic (exact) mass is 224 g/mol. The second-order valence-corrected chi connectivity index (χ2v) is 4.39. The minimum Gasteiger partial charge on any atom is -0.348 e. The van der Waals surface area contributed by atoms with Crippen molar-refractivity contribution in [3.05, 3.63) is 11.9 Å². The zero-order valence-corrected chi connectivity index (χ0v) is 11.0. The average Bonchev–Trinajstić information content (AvgIpc) is 2.60. The molecule has 0 spiro atoms. The van der Waals surface area contributed by atoms with Gasteiger partial charge in [0.05, 0.1) is 11.9 Å². The van der Waals surface area contributed by atoms with E-state index in [0.717, 1.165) is 19.0 Å². The lowest BCUT2D eigenvalue weighted by Gasteiger charge is -2.12. The third-order valence-corrected chi connectivity index (χ3v) is 2.72. The van der Waals surface area contributed by atoms with E-state index in [-0.39, 0.29) is 0 Å². The summed E-state index contributed by atoms with van der Waals surface area (Å²) < 4.78 is 2.13. The Hall–Kier alpha value is -1.03. The highest BCUT2D eigenvalue weighted by molar-refractivity contribution is 5.30. The lowest BCUT2D eigenvalue weighted by atomic mass is 10.2. The van der Waals surface area contributed by atoms with Gasteiger partial charge in [-0.25, -0.2) is 4.98 Å². The largest absolute Gasteiger partial charge is 0.348 e. The molecule has 4 nitrogen and oxygen atoms in total. The SMILES string of the molecule is CCCCCNCc1cnc(N(C)C)n1C. The van der Waals surface area contributed by atoms with Crippen LogP contribution in [0.5, 0.6) is 0 Å². The quantitative estimate of drug-likeness (QED) is 0.717. The maximum absolute atomic E-state index is 4.38. The standard InChI is InChI=1S/C12H24N4/c1-5-6-7-8-13-9-11-10-14-12(15(2)3)16(11)4/h10,13H,5-9H2,1-4H3. The Morgan fingerprint density at radius 2 is 2.12 bits per heavy atom. The van der Waals surface area contributed by atoms with Crippen LogP contribution in [0.1, 0.15) is 31.9 Å². The first-order valence-electron chi connectivity index (χ1n) is 6.05. The molecule has 1 aromatic rings. The Labute approximate surface area is 98.7 Å². The van der Waals surface area contributed by atoms with Crippen LogP contribution in [0, 0.1) is 0 Å². The number of unbranched alkanes of at least 4 members (excludes halogenated alkanes) is 2. The molecule has 1 aromatic heterocycles. The van der Waals surface area contributed by atoms with E-state index in [0.29, 0.717) is 0 Å². The van der Waals surface area contributed by atoms with Gasteiger partial charge in [-0.15, -0.1) is 0 Å². The molecule has 0 radical (unpaired) electrons. The summed E-state index contributed by atoms with van der Waals surface area (Å²) in [6.07, 6.45) is 5.79. The minimum atomic E-state index is 0.904. The van der Waals surface area contributed by atoms with Crippen molar-refractivity contribution in [3.8, 4) is 0 Å². The number of nitrogens with one attached hydrogen (secondary N) is 1. The highest BCUT2D eigenvalue weighted by Gasteiger charge is 2.06. The predicted molar refractivity (Wildman–Crippen MR) is 68.8 cm³/mol. The predicted octanol–water partition coefficient (Wildman–Crippen LogP) is 1.77. The van der Waals surface area contributed by atoms with E-state index >= 15 is 0 Å². The van der Waals surface area contributed by atoms with Gasteiger partial charge in [0.15, 0.2) is 0 Å². The molecule has 0 aliphatic heterocycles. The molecule has 0 bridgehead atoms. The van der Waals surface area contributed by atoms with Gasteiger partial charge in [-0.2, -0.15) is 0 Å². The van der Waals surface area contributed by atoms with E-state index in [9.17, 15) is 0 Å². The molecule has 92 valence electrons. The molecule has 0 fully saturated rings. The number of hydrogen-bond acceptors (Lipinski definition) is 3. The highest BCUT2D eigenvalue weighted by Crippen LogP contribution is 2.10. The van der Waals surface area contributed by atoms with Crippen LogP contribution in [0.25, 0.3) is 0 Å². The van der Waals surface area contributed by atoms with Gasteiger partial charge < -0.3 is 14.8 Å². The topological polar surface area (TPSA) is 33.1 Å². The maximum Gasteiger partial charge on any atom is 0.204 e. The summed E-state index contributed by atoms with van der Waals surface area (Å²) in [5, 5.41) is 3.45. The van der Waals surface area contributed by atoms with Crippen LogP contribution in [0.4, 0.5) is 5.95 Å². The Morgan fingerprint density at radius 1 is 1.38 bits per heavy atom. The van der Waals surface area contributed by atoms with Crippen molar-refractivity contribution in [2.75, 3.05) is 25.5 Å². The Balaban J connectivity index is 2.37. The van der Waals surface area contributed by atoms with Crippen molar-refractivity contribution < 1.29 is 0 Å². The fourth-order valence-corrected chi connectivity index (χ4v) is 1.73. The Kier molecular flexibility index (Phi) is 5.32. The maximum atomic E-state index is 4.38. The van der Waals surface area contributed by atoms with E-state index < -0.39 is 0 Å². The van der Waals surface area contributed by atoms with Crippen LogP contribution in [-0.2, 0) is 13.6 Å². The zero-order valence-electron chi connectivity index (χ0n) is 11.0. The first-order valence-corrected chi connectivity index (χ1v) is 6.05. The summed E-state index contributed by atoms with van der Waals surface area (Å²) in [4.78, 5) is 6.41. The number of imidazole rings is 1. The molecule has 0 aromatic carbocycles. The van der Waals surface area contributed by atoms with Crippen molar-refractivity contribution in [3.63, 3.8) is 0 Å². The van der Waals surface area contributed by atoms with Crippen LogP contribution >= 0.6 is 0 Å². The van der Waals surface area contributed by atoms with Crippen molar-refractivity contribution in [1.29, 1.82) is 0 Å². The van der Waals surface area contributed by atoms with Crippen LogP contribution in [0.2, 0.25) is 0 Å². The van der Waals surface area contributed by atoms with Gasteiger partial charge in [0.25, 0.3) is 0 Å². The summed E-state index contributed by atoms with van der Waals surface area (Å²) in [6.45, 7) is 4.22. The number of aromatic nitrogens is 2. The van der Waals surface area contributed by atoms with Crippen molar-refractivity contribution in [1.82, 2.24) is 14.9 Å². The molecule has 0 saturated heterocycles. The van der Waals surface area contributed by atoms with E-state index in [1.807, 2.05) is 25.2 Å². The molecule has 0 aliphatic rings. The number of nitrogens with zero attached hydrogens (tertiary/aromatic N) is 3. The van der Waals surface area contributed by atoms with Crippen LogP contribution in [0.3, 0.4) is 0 Å². The molecule has 1 N–H and O–H groups in total. The van der Waals surface area contributed by atoms with Gasteiger partial charge in [0, 0.05) is 27.7 Å². The third-order valence-electron chi connectivity index (χ3n) is 2.72. The molecule has 0 aliphatic carbocycles. The minimum absolute atomic E-state index is 0.904. The number of rotatable bonds is 7. The normalized spacial score (nSPS) is 10.8. The van der Waals surface area contributed by atoms with E-state index in [1.165, 1.54) is 25.0 Å². The summed E-state index contributed by atoms with van der Waals surface area (Å²) in [5.41, 5.74) is 1.24. The average molecular weight is 224 g/mol. The molecule has 1 rings (SSSR count). The fraction of sp³-hybridized carbons (Fsp3) is 0.750. The number of hydrogen-bond donors (Lipinski definition) is 1. The third kappa shape index (κ3) is 3.52. The fourth-order valence-electron chi connectivity index (χ4n) is 1.73. The summed E-state index contributed by atoms with van der Waals surface area (Å²) in [7, 11) is 6.09. The molecular weight excluding hydrogens is 200 g/mol. The first kappa shape index (κ1) is 13.0. The zero-order chi connectivity index (χ0) is 12.0. The van der Waals surface area contributed by atoms with Gasteiger partial charge in [0.2, 0.25) is 5.95 Å². The van der Waals surface area contributed by atoms with Gasteiger partial charge in [-0.05, 0) is 13.0 Å². The van der Waals surface area contributed by atoms with Crippen molar-refractivity contribution >= 4 is 5.95 Å². The second-order valence-electron chi connectivity index (χ2n) is 4.39. The van der Waals surface area contributed by atoms with Gasteiger partial charge in [0.1, 0.15) is 0 Å². The smallest absolute Gasteiger partial charge is 0.204 e.